The summed E-state index contributed by atoms with van der Waals surface area (Å²) < 4.78 is 23.2. The Morgan fingerprint density at radius 2 is 1.53 bits per heavy atom. The summed E-state index contributed by atoms with van der Waals surface area (Å²) >= 11 is 18.5. The van der Waals surface area contributed by atoms with Crippen LogP contribution in [0.5, 0.6) is 0 Å². The minimum atomic E-state index is -1.20. The average Bonchev–Trinajstić information content (AvgIpc) is 2.92. The van der Waals surface area contributed by atoms with Gasteiger partial charge in [-0.15, -0.1) is 0 Å². The minimum absolute atomic E-state index is 0.00185. The van der Waals surface area contributed by atoms with Gasteiger partial charge >= 0.3 is 17.9 Å². The van der Waals surface area contributed by atoms with Crippen molar-refractivity contribution in [2.45, 2.75) is 45.3 Å². The molecule has 1 saturated heterocycles. The SMILES string of the molecule is CC(=O)O[C@@H]1[C@H](OC(C)=O)[C@@H](OC(C)=O)CO[C@H]1n1c(Cl)nc2cc(Cl)c(Cl)cc21. The molecule has 1 aromatic carbocycles. The summed E-state index contributed by atoms with van der Waals surface area (Å²) in [5, 5.41) is 0.522. The van der Waals surface area contributed by atoms with E-state index in [4.69, 9.17) is 53.8 Å². The minimum Gasteiger partial charge on any atom is -0.456 e. The summed E-state index contributed by atoms with van der Waals surface area (Å²) in [6.45, 7) is 3.41. The maximum Gasteiger partial charge on any atom is 0.303 e. The van der Waals surface area contributed by atoms with E-state index in [0.717, 1.165) is 0 Å². The van der Waals surface area contributed by atoms with Gasteiger partial charge in [-0.2, -0.15) is 0 Å². The molecule has 1 aromatic heterocycles. The van der Waals surface area contributed by atoms with Crippen molar-refractivity contribution < 1.29 is 33.3 Å². The van der Waals surface area contributed by atoms with Crippen LogP contribution in [0.25, 0.3) is 11.0 Å². The number of ether oxygens (including phenoxy) is 4. The zero-order chi connectivity index (χ0) is 22.2. The highest BCUT2D eigenvalue weighted by Gasteiger charge is 2.48. The molecule has 3 rings (SSSR count). The van der Waals surface area contributed by atoms with Crippen molar-refractivity contribution in [1.29, 1.82) is 0 Å². The molecule has 0 saturated carbocycles. The molecule has 12 heteroatoms. The number of hydrogen-bond acceptors (Lipinski definition) is 8. The van der Waals surface area contributed by atoms with Gasteiger partial charge in [-0.1, -0.05) is 23.2 Å². The third-order valence-corrected chi connectivity index (χ3v) is 5.26. The lowest BCUT2D eigenvalue weighted by Crippen LogP contribution is -2.55. The van der Waals surface area contributed by atoms with E-state index < -0.39 is 42.4 Å². The second-order valence-electron chi connectivity index (χ2n) is 6.53. The van der Waals surface area contributed by atoms with Crippen LogP contribution in [0.1, 0.15) is 27.0 Å². The largest absolute Gasteiger partial charge is 0.456 e. The molecule has 162 valence electrons. The first-order valence-corrected chi connectivity index (χ1v) is 9.87. The van der Waals surface area contributed by atoms with Crippen LogP contribution in [0.3, 0.4) is 0 Å². The van der Waals surface area contributed by atoms with Crippen molar-refractivity contribution in [3.63, 3.8) is 0 Å². The maximum atomic E-state index is 11.8. The second-order valence-corrected chi connectivity index (χ2v) is 7.68. The molecule has 0 N–H and O–H groups in total. The summed E-state index contributed by atoms with van der Waals surface area (Å²) in [7, 11) is 0. The molecule has 0 aliphatic carbocycles. The van der Waals surface area contributed by atoms with Crippen LogP contribution in [0.15, 0.2) is 12.1 Å². The third kappa shape index (κ3) is 4.64. The van der Waals surface area contributed by atoms with E-state index in [1.54, 1.807) is 0 Å². The lowest BCUT2D eigenvalue weighted by Gasteiger charge is -2.41. The standard InChI is InChI=1S/C18H17Cl3N2O7/c1-7(24)28-14-6-27-17(16(30-9(3)26)15(14)29-8(2)25)23-13-5-11(20)10(19)4-12(13)22-18(23)21/h4-5,14-17H,6H2,1-3H3/t14-,15+,16+,17+/m0/s1. The second kappa shape index (κ2) is 8.97. The molecule has 0 bridgehead atoms. The van der Waals surface area contributed by atoms with Crippen LogP contribution in [-0.2, 0) is 33.3 Å². The zero-order valence-corrected chi connectivity index (χ0v) is 18.3. The number of rotatable bonds is 4. The maximum absolute atomic E-state index is 11.8. The highest BCUT2D eigenvalue weighted by atomic mass is 35.5. The van der Waals surface area contributed by atoms with Crippen LogP contribution in [-0.4, -0.2) is 52.4 Å². The fraction of sp³-hybridized carbons (Fsp3) is 0.444. The Bertz CT molecular complexity index is 1010. The lowest BCUT2D eigenvalue weighted by atomic mass is 10.0. The highest BCUT2D eigenvalue weighted by molar-refractivity contribution is 6.42. The van der Waals surface area contributed by atoms with Gasteiger partial charge in [-0.05, 0) is 23.7 Å². The predicted octanol–water partition coefficient (Wildman–Crippen LogP) is 3.32. The molecule has 0 amide bonds. The molecular formula is C18H17Cl3N2O7. The van der Waals surface area contributed by atoms with E-state index in [1.807, 2.05) is 0 Å². The summed E-state index contributed by atoms with van der Waals surface area (Å²) in [6.07, 6.45) is -4.41. The molecule has 0 spiro atoms. The Labute approximate surface area is 186 Å². The molecule has 2 aromatic rings. The number of esters is 3. The molecule has 9 nitrogen and oxygen atoms in total. The summed E-state index contributed by atoms with van der Waals surface area (Å²) in [4.78, 5) is 39.2. The van der Waals surface area contributed by atoms with Crippen LogP contribution in [0, 0.1) is 0 Å². The zero-order valence-electron chi connectivity index (χ0n) is 16.1. The van der Waals surface area contributed by atoms with E-state index >= 15 is 0 Å². The number of aromatic nitrogens is 2. The van der Waals surface area contributed by atoms with Gasteiger partial charge < -0.3 is 18.9 Å². The molecule has 0 unspecified atom stereocenters. The van der Waals surface area contributed by atoms with Crippen LogP contribution >= 0.6 is 34.8 Å². The fourth-order valence-electron chi connectivity index (χ4n) is 3.25. The molecule has 4 atom stereocenters. The smallest absolute Gasteiger partial charge is 0.303 e. The highest BCUT2D eigenvalue weighted by Crippen LogP contribution is 2.37. The van der Waals surface area contributed by atoms with Gasteiger partial charge in [0.25, 0.3) is 0 Å². The summed E-state index contributed by atoms with van der Waals surface area (Å²) in [6, 6.07) is 3.06. The number of fused-ring (bicyclic) bond motifs is 1. The first kappa shape index (κ1) is 22.6. The Morgan fingerprint density at radius 3 is 2.13 bits per heavy atom. The molecule has 1 fully saturated rings. The van der Waals surface area contributed by atoms with Crippen LogP contribution in [0.4, 0.5) is 0 Å². The van der Waals surface area contributed by atoms with Crippen molar-refractivity contribution >= 4 is 63.7 Å². The molecule has 0 radical (unpaired) electrons. The fourth-order valence-corrected chi connectivity index (χ4v) is 3.84. The van der Waals surface area contributed by atoms with Gasteiger partial charge in [-0.25, -0.2) is 4.98 Å². The van der Waals surface area contributed by atoms with E-state index in [1.165, 1.54) is 37.5 Å². The van der Waals surface area contributed by atoms with Crippen LogP contribution in [0.2, 0.25) is 15.3 Å². The molecular weight excluding hydrogens is 463 g/mol. The number of carbonyl (C=O) groups is 3. The first-order chi connectivity index (χ1) is 14.1. The number of halogens is 3. The van der Waals surface area contributed by atoms with Gasteiger partial charge in [0, 0.05) is 20.8 Å². The van der Waals surface area contributed by atoms with Crippen molar-refractivity contribution in [2.24, 2.45) is 0 Å². The predicted molar refractivity (Wildman–Crippen MR) is 106 cm³/mol. The lowest BCUT2D eigenvalue weighted by molar-refractivity contribution is -0.239. The van der Waals surface area contributed by atoms with Crippen molar-refractivity contribution in [3.8, 4) is 0 Å². The molecule has 2 heterocycles. The Morgan fingerprint density at radius 1 is 0.967 bits per heavy atom. The number of benzene rings is 1. The van der Waals surface area contributed by atoms with Gasteiger partial charge in [0.05, 0.1) is 27.7 Å². The number of hydrogen-bond donors (Lipinski definition) is 0. The van der Waals surface area contributed by atoms with Gasteiger partial charge in [0.15, 0.2) is 24.5 Å². The van der Waals surface area contributed by atoms with Gasteiger partial charge in [0.1, 0.15) is 0 Å². The normalized spacial score (nSPS) is 23.8. The van der Waals surface area contributed by atoms with E-state index in [0.29, 0.717) is 11.0 Å². The number of carbonyl (C=O) groups excluding carboxylic acids is 3. The number of nitrogens with zero attached hydrogens (tertiary/aromatic N) is 2. The van der Waals surface area contributed by atoms with Crippen molar-refractivity contribution in [1.82, 2.24) is 9.55 Å². The third-order valence-electron chi connectivity index (χ3n) is 4.27. The number of imidazole rings is 1. The molecule has 1 aliphatic rings. The van der Waals surface area contributed by atoms with E-state index in [2.05, 4.69) is 4.98 Å². The van der Waals surface area contributed by atoms with E-state index in [9.17, 15) is 14.4 Å². The Balaban J connectivity index is 2.11. The Hall–Kier alpha value is -2.07. The topological polar surface area (TPSA) is 106 Å². The monoisotopic (exact) mass is 478 g/mol. The van der Waals surface area contributed by atoms with Crippen molar-refractivity contribution in [3.05, 3.63) is 27.5 Å². The van der Waals surface area contributed by atoms with Crippen molar-refractivity contribution in [2.75, 3.05) is 6.61 Å². The average molecular weight is 480 g/mol. The molecule has 30 heavy (non-hydrogen) atoms. The van der Waals surface area contributed by atoms with Crippen LogP contribution < -0.4 is 0 Å². The molecule has 1 aliphatic heterocycles. The summed E-state index contributed by atoms with van der Waals surface area (Å²) in [5.74, 6) is -1.95. The summed E-state index contributed by atoms with van der Waals surface area (Å²) in [5.41, 5.74) is 0.870. The van der Waals surface area contributed by atoms with Gasteiger partial charge in [-0.3, -0.25) is 19.0 Å². The Kier molecular flexibility index (Phi) is 6.76. The first-order valence-electron chi connectivity index (χ1n) is 8.74. The quantitative estimate of drug-likeness (QED) is 0.486. The van der Waals surface area contributed by atoms with E-state index in [-0.39, 0.29) is 21.9 Å². The van der Waals surface area contributed by atoms with Gasteiger partial charge in [0.2, 0.25) is 5.28 Å².